The van der Waals surface area contributed by atoms with Gasteiger partial charge in [0.05, 0.1) is 12.1 Å². The molecule has 6 heteroatoms. The molecule has 1 aromatic heterocycles. The minimum atomic E-state index is -0.999. The zero-order valence-electron chi connectivity index (χ0n) is 6.12. The average molecular weight is 190 g/mol. The van der Waals surface area contributed by atoms with E-state index < -0.39 is 11.9 Å². The van der Waals surface area contributed by atoms with Crippen molar-refractivity contribution < 1.29 is 9.90 Å². The summed E-state index contributed by atoms with van der Waals surface area (Å²) in [7, 11) is 0. The van der Waals surface area contributed by atoms with E-state index in [1.807, 2.05) is 0 Å². The van der Waals surface area contributed by atoms with Gasteiger partial charge in [0, 0.05) is 12.1 Å². The van der Waals surface area contributed by atoms with Crippen LogP contribution in [0.2, 0.25) is 5.15 Å². The van der Waals surface area contributed by atoms with E-state index in [1.54, 1.807) is 0 Å². The lowest BCUT2D eigenvalue weighted by Gasteiger charge is -2.06. The summed E-state index contributed by atoms with van der Waals surface area (Å²) in [5.41, 5.74) is 5.68. The van der Waals surface area contributed by atoms with Gasteiger partial charge in [0.25, 0.3) is 0 Å². The van der Waals surface area contributed by atoms with Gasteiger partial charge >= 0.3 is 5.97 Å². The van der Waals surface area contributed by atoms with Crippen LogP contribution >= 0.6 is 11.6 Å². The number of hydrogen-bond acceptors (Lipinski definition) is 3. The maximum atomic E-state index is 10.6. The Kier molecular flexibility index (Phi) is 2.67. The Morgan fingerprint density at radius 3 is 2.92 bits per heavy atom. The van der Waals surface area contributed by atoms with Gasteiger partial charge in [-0.1, -0.05) is 11.6 Å². The first-order chi connectivity index (χ1) is 5.66. The second-order valence-electron chi connectivity index (χ2n) is 2.27. The van der Waals surface area contributed by atoms with E-state index in [4.69, 9.17) is 22.4 Å². The first-order valence-corrected chi connectivity index (χ1v) is 3.66. The number of nitrogens with zero attached hydrogens (tertiary/aromatic N) is 1. The number of carboxylic acids is 1. The van der Waals surface area contributed by atoms with Crippen molar-refractivity contribution in [1.29, 1.82) is 0 Å². The van der Waals surface area contributed by atoms with Gasteiger partial charge in [-0.05, 0) is 0 Å². The normalized spacial score (nSPS) is 12.8. The Morgan fingerprint density at radius 2 is 2.58 bits per heavy atom. The van der Waals surface area contributed by atoms with Crippen molar-refractivity contribution in [3.05, 3.63) is 16.9 Å². The van der Waals surface area contributed by atoms with Crippen LogP contribution in [-0.2, 0) is 4.79 Å². The highest BCUT2D eigenvalue weighted by Gasteiger charge is 2.21. The molecule has 1 atom stereocenters. The number of aromatic amines is 1. The van der Waals surface area contributed by atoms with Crippen molar-refractivity contribution in [2.75, 3.05) is 6.54 Å². The van der Waals surface area contributed by atoms with E-state index in [9.17, 15) is 4.79 Å². The minimum absolute atomic E-state index is 0.00852. The molecule has 5 nitrogen and oxygen atoms in total. The van der Waals surface area contributed by atoms with Crippen molar-refractivity contribution in [3.8, 4) is 0 Å². The largest absolute Gasteiger partial charge is 0.481 e. The first kappa shape index (κ1) is 9.02. The molecular weight excluding hydrogens is 182 g/mol. The molecule has 0 bridgehead atoms. The van der Waals surface area contributed by atoms with Gasteiger partial charge in [-0.25, -0.2) is 0 Å². The van der Waals surface area contributed by atoms with Crippen LogP contribution in [0.5, 0.6) is 0 Å². The standard InChI is InChI=1S/C6H8ClN3O2/c7-5-4(2-9-10-5)3(1-8)6(11)12/h2-3H,1,8H2,(H,9,10)(H,11,12). The molecule has 0 aliphatic heterocycles. The van der Waals surface area contributed by atoms with E-state index in [-0.39, 0.29) is 11.7 Å². The van der Waals surface area contributed by atoms with E-state index in [2.05, 4.69) is 10.2 Å². The Bertz CT molecular complexity index is 286. The van der Waals surface area contributed by atoms with E-state index >= 15 is 0 Å². The topological polar surface area (TPSA) is 92.0 Å². The summed E-state index contributed by atoms with van der Waals surface area (Å²) in [6.45, 7) is 0.00852. The molecule has 0 radical (unpaired) electrons. The zero-order valence-corrected chi connectivity index (χ0v) is 6.88. The minimum Gasteiger partial charge on any atom is -0.481 e. The lowest BCUT2D eigenvalue weighted by Crippen LogP contribution is -2.20. The van der Waals surface area contributed by atoms with Crippen molar-refractivity contribution in [3.63, 3.8) is 0 Å². The number of H-pyrrole nitrogens is 1. The number of aromatic nitrogens is 2. The van der Waals surface area contributed by atoms with Crippen LogP contribution in [0.4, 0.5) is 0 Å². The van der Waals surface area contributed by atoms with Crippen LogP contribution in [0.1, 0.15) is 11.5 Å². The number of nitrogens with two attached hydrogens (primary N) is 1. The molecule has 1 unspecified atom stereocenters. The fraction of sp³-hybridized carbons (Fsp3) is 0.333. The smallest absolute Gasteiger partial charge is 0.312 e. The third kappa shape index (κ3) is 1.57. The molecule has 0 saturated carbocycles. The Morgan fingerprint density at radius 1 is 1.92 bits per heavy atom. The van der Waals surface area contributed by atoms with Crippen LogP contribution in [-0.4, -0.2) is 27.8 Å². The molecule has 12 heavy (non-hydrogen) atoms. The maximum absolute atomic E-state index is 10.6. The van der Waals surface area contributed by atoms with Gasteiger partial charge in [0.1, 0.15) is 5.15 Å². The Balaban J connectivity index is 2.94. The summed E-state index contributed by atoms with van der Waals surface area (Å²) in [5, 5.41) is 15.0. The van der Waals surface area contributed by atoms with Crippen molar-refractivity contribution in [2.45, 2.75) is 5.92 Å². The molecule has 0 fully saturated rings. The number of carboxylic acid groups (broad SMARTS) is 1. The number of hydrogen-bond donors (Lipinski definition) is 3. The third-order valence-corrected chi connectivity index (χ3v) is 1.83. The van der Waals surface area contributed by atoms with Gasteiger partial charge in [-0.2, -0.15) is 5.10 Å². The monoisotopic (exact) mass is 189 g/mol. The SMILES string of the molecule is NCC(C(=O)O)c1cn[nH]c1Cl. The lowest BCUT2D eigenvalue weighted by molar-refractivity contribution is -0.138. The van der Waals surface area contributed by atoms with Crippen molar-refractivity contribution >= 4 is 17.6 Å². The quantitative estimate of drug-likeness (QED) is 0.633. The fourth-order valence-corrected chi connectivity index (χ4v) is 1.11. The number of carbonyl (C=O) groups is 1. The summed E-state index contributed by atoms with van der Waals surface area (Å²) in [4.78, 5) is 10.6. The molecule has 1 rings (SSSR count). The molecule has 0 saturated heterocycles. The van der Waals surface area contributed by atoms with Gasteiger partial charge in [0.15, 0.2) is 0 Å². The molecule has 4 N–H and O–H groups in total. The predicted octanol–water partition coefficient (Wildman–Crippen LogP) is 0.190. The first-order valence-electron chi connectivity index (χ1n) is 3.28. The zero-order chi connectivity index (χ0) is 9.14. The van der Waals surface area contributed by atoms with Crippen LogP contribution in [0.3, 0.4) is 0 Å². The second-order valence-corrected chi connectivity index (χ2v) is 2.64. The van der Waals surface area contributed by atoms with E-state index in [0.29, 0.717) is 5.56 Å². The molecule has 0 aliphatic carbocycles. The van der Waals surface area contributed by atoms with E-state index in [1.165, 1.54) is 6.20 Å². The number of nitrogens with one attached hydrogen (secondary N) is 1. The predicted molar refractivity (Wildman–Crippen MR) is 43.0 cm³/mol. The van der Waals surface area contributed by atoms with Crippen molar-refractivity contribution in [2.24, 2.45) is 5.73 Å². The molecule has 0 aromatic carbocycles. The highest BCUT2D eigenvalue weighted by Crippen LogP contribution is 2.21. The van der Waals surface area contributed by atoms with Gasteiger partial charge in [-0.15, -0.1) is 0 Å². The third-order valence-electron chi connectivity index (χ3n) is 1.53. The highest BCUT2D eigenvalue weighted by atomic mass is 35.5. The maximum Gasteiger partial charge on any atom is 0.312 e. The van der Waals surface area contributed by atoms with Crippen LogP contribution in [0.15, 0.2) is 6.20 Å². The summed E-state index contributed by atoms with van der Waals surface area (Å²) in [6, 6.07) is 0. The molecule has 1 aromatic rings. The number of rotatable bonds is 3. The summed E-state index contributed by atoms with van der Waals surface area (Å²) in [5.74, 6) is -1.78. The van der Waals surface area contributed by atoms with Crippen LogP contribution in [0, 0.1) is 0 Å². The van der Waals surface area contributed by atoms with Crippen LogP contribution < -0.4 is 5.73 Å². The molecular formula is C6H8ClN3O2. The molecule has 0 amide bonds. The molecule has 66 valence electrons. The Labute approximate surface area is 73.5 Å². The van der Waals surface area contributed by atoms with Gasteiger partial charge in [-0.3, -0.25) is 9.89 Å². The molecule has 0 spiro atoms. The molecule has 1 heterocycles. The second kappa shape index (κ2) is 3.55. The van der Waals surface area contributed by atoms with Crippen LogP contribution in [0.25, 0.3) is 0 Å². The fourth-order valence-electron chi connectivity index (χ4n) is 0.883. The summed E-state index contributed by atoms with van der Waals surface area (Å²) >= 11 is 5.62. The molecule has 0 aliphatic rings. The van der Waals surface area contributed by atoms with Gasteiger partial charge in [0.2, 0.25) is 0 Å². The van der Waals surface area contributed by atoms with E-state index in [0.717, 1.165) is 0 Å². The number of aliphatic carboxylic acids is 1. The Hall–Kier alpha value is -1.07. The van der Waals surface area contributed by atoms with Crippen molar-refractivity contribution in [1.82, 2.24) is 10.2 Å². The van der Waals surface area contributed by atoms with Gasteiger partial charge < -0.3 is 10.8 Å². The number of halogens is 1. The highest BCUT2D eigenvalue weighted by molar-refractivity contribution is 6.30. The lowest BCUT2D eigenvalue weighted by atomic mass is 10.0. The summed E-state index contributed by atoms with van der Waals surface area (Å²) in [6.07, 6.45) is 1.37. The average Bonchev–Trinajstić information content (AvgIpc) is 2.38. The summed E-state index contributed by atoms with van der Waals surface area (Å²) < 4.78 is 0.